The third-order valence-electron chi connectivity index (χ3n) is 4.12. The molecule has 10 nitrogen and oxygen atoms in total. The summed E-state index contributed by atoms with van der Waals surface area (Å²) in [4.78, 5) is 48.0. The van der Waals surface area contributed by atoms with E-state index in [9.17, 15) is 19.2 Å². The summed E-state index contributed by atoms with van der Waals surface area (Å²) in [5, 5.41) is 16.3. The third-order valence-corrected chi connectivity index (χ3v) is 4.12. The van der Waals surface area contributed by atoms with Crippen molar-refractivity contribution in [2.45, 2.75) is 51.9 Å². The van der Waals surface area contributed by atoms with Crippen LogP contribution in [0.4, 0.5) is 4.79 Å². The Hall–Kier alpha value is -3.14. The van der Waals surface area contributed by atoms with Gasteiger partial charge in [0.1, 0.15) is 24.7 Å². The smallest absolute Gasteiger partial charge is 0.408 e. The average Bonchev–Trinajstić information content (AvgIpc) is 2.69. The SMILES string of the molecule is CC(C)C[C@H](NC(=O)OCc1ccccc1)C(=O)N[C@@H](C)C(=O)N[C@H](CO)C(N)=O. The molecule has 1 rings (SSSR count). The van der Waals surface area contributed by atoms with Gasteiger partial charge in [-0.25, -0.2) is 4.79 Å². The molecule has 0 saturated carbocycles. The fourth-order valence-electron chi connectivity index (χ4n) is 2.49. The van der Waals surface area contributed by atoms with Gasteiger partial charge < -0.3 is 31.5 Å². The number of amides is 4. The Labute approximate surface area is 175 Å². The molecule has 0 heterocycles. The van der Waals surface area contributed by atoms with Gasteiger partial charge >= 0.3 is 6.09 Å². The van der Waals surface area contributed by atoms with Crippen molar-refractivity contribution in [3.8, 4) is 0 Å². The van der Waals surface area contributed by atoms with Gasteiger partial charge in [0, 0.05) is 0 Å². The minimum atomic E-state index is -1.26. The zero-order valence-electron chi connectivity index (χ0n) is 17.4. The summed E-state index contributed by atoms with van der Waals surface area (Å²) in [6.45, 7) is 4.56. The number of carbonyl (C=O) groups is 4. The number of rotatable bonds is 11. The highest BCUT2D eigenvalue weighted by Gasteiger charge is 2.27. The third kappa shape index (κ3) is 8.91. The van der Waals surface area contributed by atoms with Crippen molar-refractivity contribution in [3.63, 3.8) is 0 Å². The summed E-state index contributed by atoms with van der Waals surface area (Å²) in [6.07, 6.45) is -0.438. The zero-order chi connectivity index (χ0) is 22.7. The van der Waals surface area contributed by atoms with Gasteiger partial charge in [-0.3, -0.25) is 14.4 Å². The fourth-order valence-corrected chi connectivity index (χ4v) is 2.49. The number of alkyl carbamates (subject to hydrolysis) is 1. The van der Waals surface area contributed by atoms with E-state index in [0.717, 1.165) is 5.56 Å². The van der Waals surface area contributed by atoms with Crippen LogP contribution in [0.5, 0.6) is 0 Å². The predicted octanol–water partition coefficient (Wildman–Crippen LogP) is -0.205. The zero-order valence-corrected chi connectivity index (χ0v) is 17.4. The van der Waals surface area contributed by atoms with E-state index in [4.69, 9.17) is 15.6 Å². The Balaban J connectivity index is 2.65. The highest BCUT2D eigenvalue weighted by atomic mass is 16.5. The molecule has 0 unspecified atom stereocenters. The maximum absolute atomic E-state index is 12.6. The van der Waals surface area contributed by atoms with Crippen LogP contribution in [0, 0.1) is 5.92 Å². The van der Waals surface area contributed by atoms with Gasteiger partial charge in [0.15, 0.2) is 0 Å². The first kappa shape index (κ1) is 24.9. The van der Waals surface area contributed by atoms with Crippen LogP contribution in [0.3, 0.4) is 0 Å². The van der Waals surface area contributed by atoms with Crippen LogP contribution in [-0.2, 0) is 25.7 Å². The maximum atomic E-state index is 12.6. The normalized spacial score (nSPS) is 13.6. The topological polar surface area (TPSA) is 160 Å². The molecule has 1 aromatic rings. The Morgan fingerprint density at radius 3 is 2.13 bits per heavy atom. The summed E-state index contributed by atoms with van der Waals surface area (Å²) in [5.41, 5.74) is 5.86. The Kier molecular flexibility index (Phi) is 10.3. The second-order valence-electron chi connectivity index (χ2n) is 7.26. The van der Waals surface area contributed by atoms with Crippen molar-refractivity contribution >= 4 is 23.8 Å². The lowest BCUT2D eigenvalue weighted by Gasteiger charge is -2.23. The first-order valence-electron chi connectivity index (χ1n) is 9.62. The summed E-state index contributed by atoms with van der Waals surface area (Å²) >= 11 is 0. The molecule has 0 radical (unpaired) electrons. The highest BCUT2D eigenvalue weighted by Crippen LogP contribution is 2.07. The van der Waals surface area contributed by atoms with Gasteiger partial charge in [-0.15, -0.1) is 0 Å². The van der Waals surface area contributed by atoms with E-state index in [1.165, 1.54) is 6.92 Å². The van der Waals surface area contributed by atoms with Gasteiger partial charge in [-0.1, -0.05) is 44.2 Å². The Bertz CT molecular complexity index is 725. The van der Waals surface area contributed by atoms with Gasteiger partial charge in [-0.2, -0.15) is 0 Å². The van der Waals surface area contributed by atoms with Gasteiger partial charge in [-0.05, 0) is 24.8 Å². The first-order valence-corrected chi connectivity index (χ1v) is 9.62. The number of ether oxygens (including phenoxy) is 1. The van der Waals surface area contributed by atoms with E-state index < -0.39 is 48.5 Å². The number of carbonyl (C=O) groups excluding carboxylic acids is 4. The van der Waals surface area contributed by atoms with Crippen molar-refractivity contribution in [1.29, 1.82) is 0 Å². The Morgan fingerprint density at radius 1 is 0.967 bits per heavy atom. The van der Waals surface area contributed by atoms with Crippen LogP contribution in [0.25, 0.3) is 0 Å². The summed E-state index contributed by atoms with van der Waals surface area (Å²) in [7, 11) is 0. The molecule has 10 heteroatoms. The molecule has 0 aromatic heterocycles. The van der Waals surface area contributed by atoms with Crippen molar-refractivity contribution in [2.24, 2.45) is 11.7 Å². The molecule has 1 aromatic carbocycles. The number of nitrogens with two attached hydrogens (primary N) is 1. The lowest BCUT2D eigenvalue weighted by atomic mass is 10.0. The van der Waals surface area contributed by atoms with E-state index in [1.54, 1.807) is 12.1 Å². The monoisotopic (exact) mass is 422 g/mol. The Morgan fingerprint density at radius 2 is 1.60 bits per heavy atom. The van der Waals surface area contributed by atoms with Crippen LogP contribution in [0.1, 0.15) is 32.8 Å². The molecule has 166 valence electrons. The minimum Gasteiger partial charge on any atom is -0.445 e. The second kappa shape index (κ2) is 12.4. The van der Waals surface area contributed by atoms with Crippen LogP contribution in [0.2, 0.25) is 0 Å². The average molecular weight is 422 g/mol. The van der Waals surface area contributed by atoms with E-state index in [-0.39, 0.29) is 12.5 Å². The van der Waals surface area contributed by atoms with Gasteiger partial charge in [0.2, 0.25) is 17.7 Å². The molecular weight excluding hydrogens is 392 g/mol. The van der Waals surface area contributed by atoms with E-state index >= 15 is 0 Å². The molecule has 30 heavy (non-hydrogen) atoms. The van der Waals surface area contributed by atoms with Crippen LogP contribution >= 0.6 is 0 Å². The molecule has 0 saturated heterocycles. The first-order chi connectivity index (χ1) is 14.1. The molecule has 0 aliphatic rings. The minimum absolute atomic E-state index is 0.0527. The summed E-state index contributed by atoms with van der Waals surface area (Å²) < 4.78 is 5.15. The van der Waals surface area contributed by atoms with Gasteiger partial charge in [0.25, 0.3) is 0 Å². The predicted molar refractivity (Wildman–Crippen MR) is 109 cm³/mol. The number of nitrogens with one attached hydrogen (secondary N) is 3. The quantitative estimate of drug-likeness (QED) is 0.332. The number of hydrogen-bond donors (Lipinski definition) is 5. The molecule has 6 N–H and O–H groups in total. The summed E-state index contributed by atoms with van der Waals surface area (Å²) in [5.74, 6) is -2.10. The largest absolute Gasteiger partial charge is 0.445 e. The van der Waals surface area contributed by atoms with E-state index in [1.807, 2.05) is 32.0 Å². The number of primary amides is 1. The van der Waals surface area contributed by atoms with Crippen molar-refractivity contribution in [1.82, 2.24) is 16.0 Å². The molecule has 4 amide bonds. The van der Waals surface area contributed by atoms with Gasteiger partial charge in [0.05, 0.1) is 6.61 Å². The van der Waals surface area contributed by atoms with E-state index in [2.05, 4.69) is 16.0 Å². The maximum Gasteiger partial charge on any atom is 0.408 e. The van der Waals surface area contributed by atoms with E-state index in [0.29, 0.717) is 6.42 Å². The lowest BCUT2D eigenvalue weighted by Crippen LogP contribution is -2.56. The summed E-state index contributed by atoms with van der Waals surface area (Å²) in [6, 6.07) is 5.88. The molecule has 0 aliphatic carbocycles. The van der Waals surface area contributed by atoms with Crippen molar-refractivity contribution in [2.75, 3.05) is 6.61 Å². The number of hydrogen-bond acceptors (Lipinski definition) is 6. The molecule has 0 bridgehead atoms. The molecular formula is C20H30N4O6. The van der Waals surface area contributed by atoms with Crippen LogP contribution in [0.15, 0.2) is 30.3 Å². The highest BCUT2D eigenvalue weighted by molar-refractivity contribution is 5.93. The standard InChI is InChI=1S/C20H30N4O6/c1-12(2)9-15(24-20(29)30-11-14-7-5-4-6-8-14)19(28)22-13(3)18(27)23-16(10-25)17(21)26/h4-8,12-13,15-16,25H,9-11H2,1-3H3,(H2,21,26)(H,22,28)(H,23,27)(H,24,29)/t13-,15-,16+/m0/s1. The molecule has 0 spiro atoms. The van der Waals surface area contributed by atoms with Crippen LogP contribution in [-0.4, -0.2) is 53.7 Å². The fraction of sp³-hybridized carbons (Fsp3) is 0.500. The van der Waals surface area contributed by atoms with Crippen molar-refractivity contribution < 1.29 is 29.0 Å². The molecule has 3 atom stereocenters. The second-order valence-corrected chi connectivity index (χ2v) is 7.26. The number of benzene rings is 1. The molecule has 0 fully saturated rings. The lowest BCUT2D eigenvalue weighted by molar-refractivity contribution is -0.132. The van der Waals surface area contributed by atoms with Crippen molar-refractivity contribution in [3.05, 3.63) is 35.9 Å². The number of aliphatic hydroxyl groups excluding tert-OH is 1. The molecule has 0 aliphatic heterocycles. The van der Waals surface area contributed by atoms with Crippen LogP contribution < -0.4 is 21.7 Å². The number of aliphatic hydroxyl groups is 1.